The second-order valence-corrected chi connectivity index (χ2v) is 8.65. The minimum absolute atomic E-state index is 0.280. The Morgan fingerprint density at radius 1 is 1.00 bits per heavy atom. The van der Waals surface area contributed by atoms with E-state index in [1.807, 2.05) is 47.4 Å². The first-order chi connectivity index (χ1) is 16.0. The maximum absolute atomic E-state index is 14.0. The van der Waals surface area contributed by atoms with Gasteiger partial charge in [-0.15, -0.1) is 0 Å². The van der Waals surface area contributed by atoms with Gasteiger partial charge < -0.3 is 4.90 Å². The molecule has 0 spiro atoms. The topological polar surface area (TPSA) is 67.9 Å². The monoisotopic (exact) mass is 453 g/mol. The lowest BCUT2D eigenvalue weighted by atomic mass is 9.69. The van der Waals surface area contributed by atoms with Gasteiger partial charge in [-0.2, -0.15) is 10.5 Å². The van der Waals surface area contributed by atoms with Crippen molar-refractivity contribution in [2.75, 3.05) is 4.90 Å². The number of anilines is 1. The number of hydrogen-bond donors (Lipinski definition) is 0. The molecule has 0 aliphatic carbocycles. The fourth-order valence-electron chi connectivity index (χ4n) is 5.08. The van der Waals surface area contributed by atoms with Gasteiger partial charge in [0.15, 0.2) is 11.2 Å². The Balaban J connectivity index is 1.78. The lowest BCUT2D eigenvalue weighted by Crippen LogP contribution is -2.44. The van der Waals surface area contributed by atoms with E-state index in [1.165, 1.54) is 24.3 Å². The molecule has 0 N–H and O–H groups in total. The highest BCUT2D eigenvalue weighted by Crippen LogP contribution is 2.55. The van der Waals surface area contributed by atoms with Crippen molar-refractivity contribution in [3.8, 4) is 12.1 Å². The zero-order valence-electron chi connectivity index (χ0n) is 17.3. The molecule has 0 amide bonds. The van der Waals surface area contributed by atoms with Crippen LogP contribution >= 0.6 is 11.6 Å². The van der Waals surface area contributed by atoms with E-state index in [1.54, 1.807) is 18.2 Å². The summed E-state index contributed by atoms with van der Waals surface area (Å²) >= 11 is 6.20. The molecule has 0 bridgehead atoms. The smallest absolute Gasteiger partial charge is 0.185 e. The van der Waals surface area contributed by atoms with Gasteiger partial charge in [0.05, 0.1) is 18.2 Å². The number of benzene rings is 3. The van der Waals surface area contributed by atoms with Crippen LogP contribution in [0.5, 0.6) is 0 Å². The van der Waals surface area contributed by atoms with Gasteiger partial charge in [-0.05, 0) is 53.6 Å². The average molecular weight is 454 g/mol. The van der Waals surface area contributed by atoms with Crippen molar-refractivity contribution < 1.29 is 9.18 Å². The SMILES string of the molecule is N#CC1(C#N)C(c2ccccc2)C(C(=O)c2ccc(F)cc2)N2c3ccc(Cl)cc3C=CC21. The fraction of sp³-hybridized carbons (Fsp3) is 0.148. The Labute approximate surface area is 195 Å². The van der Waals surface area contributed by atoms with E-state index in [4.69, 9.17) is 11.6 Å². The largest absolute Gasteiger partial charge is 0.351 e. The van der Waals surface area contributed by atoms with Crippen LogP contribution < -0.4 is 4.90 Å². The number of carbonyl (C=O) groups is 1. The van der Waals surface area contributed by atoms with E-state index in [0.29, 0.717) is 10.6 Å². The van der Waals surface area contributed by atoms with Crippen molar-refractivity contribution in [3.63, 3.8) is 0 Å². The highest BCUT2D eigenvalue weighted by molar-refractivity contribution is 6.30. The predicted octanol–water partition coefficient (Wildman–Crippen LogP) is 5.76. The first-order valence-corrected chi connectivity index (χ1v) is 10.8. The Bertz CT molecular complexity index is 1340. The minimum Gasteiger partial charge on any atom is -0.351 e. The minimum atomic E-state index is -1.52. The van der Waals surface area contributed by atoms with E-state index in [-0.39, 0.29) is 5.78 Å². The quantitative estimate of drug-likeness (QED) is 0.472. The summed E-state index contributed by atoms with van der Waals surface area (Å²) in [5, 5.41) is 21.3. The van der Waals surface area contributed by atoms with Crippen molar-refractivity contribution >= 4 is 29.1 Å². The first-order valence-electron chi connectivity index (χ1n) is 10.4. The molecule has 160 valence electrons. The van der Waals surface area contributed by atoms with E-state index in [9.17, 15) is 19.7 Å². The Morgan fingerprint density at radius 2 is 1.70 bits per heavy atom. The van der Waals surface area contributed by atoms with Crippen LogP contribution in [0.2, 0.25) is 5.02 Å². The van der Waals surface area contributed by atoms with Crippen LogP contribution in [0.25, 0.3) is 6.08 Å². The zero-order valence-corrected chi connectivity index (χ0v) is 18.1. The number of ketones is 1. The second kappa shape index (κ2) is 7.89. The van der Waals surface area contributed by atoms with Gasteiger partial charge in [0.25, 0.3) is 0 Å². The molecule has 4 nitrogen and oxygen atoms in total. The van der Waals surface area contributed by atoms with E-state index >= 15 is 0 Å². The van der Waals surface area contributed by atoms with Crippen LogP contribution in [0.1, 0.15) is 27.4 Å². The molecular formula is C27H17ClFN3O. The molecule has 3 aromatic carbocycles. The molecule has 1 fully saturated rings. The molecule has 33 heavy (non-hydrogen) atoms. The highest BCUT2D eigenvalue weighted by Gasteiger charge is 2.63. The number of rotatable bonds is 3. The summed E-state index contributed by atoms with van der Waals surface area (Å²) in [5.41, 5.74) is 1.04. The average Bonchev–Trinajstić information content (AvgIpc) is 3.15. The van der Waals surface area contributed by atoms with Crippen LogP contribution in [-0.2, 0) is 0 Å². The van der Waals surface area contributed by atoms with Gasteiger partial charge in [-0.25, -0.2) is 4.39 Å². The first kappa shape index (κ1) is 20.9. The van der Waals surface area contributed by atoms with Crippen LogP contribution in [0.3, 0.4) is 0 Å². The molecule has 0 radical (unpaired) electrons. The number of nitriles is 2. The molecule has 2 aliphatic heterocycles. The Kier molecular flexibility index (Phi) is 5.01. The van der Waals surface area contributed by atoms with Gasteiger partial charge in [0, 0.05) is 22.2 Å². The van der Waals surface area contributed by atoms with Crippen molar-refractivity contribution in [1.29, 1.82) is 10.5 Å². The Morgan fingerprint density at radius 3 is 2.36 bits per heavy atom. The third-order valence-corrected chi connectivity index (χ3v) is 6.76. The normalized spacial score (nSPS) is 22.1. The molecule has 3 aromatic rings. The predicted molar refractivity (Wildman–Crippen MR) is 124 cm³/mol. The maximum atomic E-state index is 14.0. The van der Waals surface area contributed by atoms with Crippen molar-refractivity contribution in [3.05, 3.63) is 106 Å². The third-order valence-electron chi connectivity index (χ3n) is 6.52. The van der Waals surface area contributed by atoms with Crippen molar-refractivity contribution in [1.82, 2.24) is 0 Å². The highest BCUT2D eigenvalue weighted by atomic mass is 35.5. The second-order valence-electron chi connectivity index (χ2n) is 8.21. The molecule has 0 saturated carbocycles. The third kappa shape index (κ3) is 3.13. The lowest BCUT2D eigenvalue weighted by Gasteiger charge is -2.35. The van der Waals surface area contributed by atoms with E-state index < -0.39 is 29.2 Å². The summed E-state index contributed by atoms with van der Waals surface area (Å²) in [6, 6.07) is 22.9. The molecule has 1 saturated heterocycles. The number of fused-ring (bicyclic) bond motifs is 3. The number of halogens is 2. The molecule has 6 heteroatoms. The summed E-state index contributed by atoms with van der Waals surface area (Å²) in [6.07, 6.45) is 3.65. The molecule has 2 aliphatic rings. The molecule has 3 unspecified atom stereocenters. The van der Waals surface area contributed by atoms with Crippen LogP contribution in [-0.4, -0.2) is 17.9 Å². The molecule has 3 atom stereocenters. The number of hydrogen-bond acceptors (Lipinski definition) is 4. The van der Waals surface area contributed by atoms with E-state index in [2.05, 4.69) is 12.1 Å². The molecule has 2 heterocycles. The van der Waals surface area contributed by atoms with Crippen molar-refractivity contribution in [2.45, 2.75) is 18.0 Å². The standard InChI is InChI=1S/C27H17ClFN3O/c28-20-9-12-22-19(14-20)8-13-23-27(15-30,16-31)24(17-4-2-1-3-5-17)25(32(22)23)26(33)18-6-10-21(29)11-7-18/h1-14,23-25H. The van der Waals surface area contributed by atoms with Crippen molar-refractivity contribution in [2.24, 2.45) is 5.41 Å². The fourth-order valence-corrected chi connectivity index (χ4v) is 5.26. The maximum Gasteiger partial charge on any atom is 0.185 e. The van der Waals surface area contributed by atoms with Crippen LogP contribution in [0.15, 0.2) is 78.9 Å². The molecular weight excluding hydrogens is 437 g/mol. The molecule has 5 rings (SSSR count). The summed E-state index contributed by atoms with van der Waals surface area (Å²) in [5.74, 6) is -1.46. The Hall–Kier alpha value is -3.93. The molecule has 0 aromatic heterocycles. The zero-order chi connectivity index (χ0) is 23.2. The number of nitrogens with zero attached hydrogens (tertiary/aromatic N) is 3. The van der Waals surface area contributed by atoms with Crippen LogP contribution in [0.4, 0.5) is 10.1 Å². The van der Waals surface area contributed by atoms with Gasteiger partial charge in [-0.1, -0.05) is 54.1 Å². The van der Waals surface area contributed by atoms with Gasteiger partial charge in [0.2, 0.25) is 0 Å². The van der Waals surface area contributed by atoms with Gasteiger partial charge in [-0.3, -0.25) is 4.79 Å². The van der Waals surface area contributed by atoms with Crippen LogP contribution in [0, 0.1) is 33.9 Å². The van der Waals surface area contributed by atoms with E-state index in [0.717, 1.165) is 16.8 Å². The summed E-state index contributed by atoms with van der Waals surface area (Å²) in [7, 11) is 0. The summed E-state index contributed by atoms with van der Waals surface area (Å²) < 4.78 is 13.6. The summed E-state index contributed by atoms with van der Waals surface area (Å²) in [6.45, 7) is 0. The van der Waals surface area contributed by atoms with Gasteiger partial charge in [0.1, 0.15) is 11.9 Å². The number of carbonyl (C=O) groups excluding carboxylic acids is 1. The summed E-state index contributed by atoms with van der Waals surface area (Å²) in [4.78, 5) is 15.8. The number of Topliss-reactive ketones (excluding diaryl/α,β-unsaturated/α-hetero) is 1. The van der Waals surface area contributed by atoms with Gasteiger partial charge >= 0.3 is 0 Å². The lowest BCUT2D eigenvalue weighted by molar-refractivity contribution is 0.0951.